The third-order valence-corrected chi connectivity index (χ3v) is 4.23. The number of hydrogen-bond donors (Lipinski definition) is 2. The molecule has 0 radical (unpaired) electrons. The molecule has 0 atom stereocenters. The number of carbonyl (C=O) groups is 1. The molecule has 0 spiro atoms. The van der Waals surface area contributed by atoms with Gasteiger partial charge in [0.25, 0.3) is 0 Å². The van der Waals surface area contributed by atoms with Crippen molar-refractivity contribution in [1.29, 1.82) is 0 Å². The molecule has 1 aliphatic rings. The van der Waals surface area contributed by atoms with E-state index in [2.05, 4.69) is 10.3 Å². The summed E-state index contributed by atoms with van der Waals surface area (Å²) < 4.78 is 15.9. The number of rotatable bonds is 4. The van der Waals surface area contributed by atoms with Gasteiger partial charge in [-0.05, 0) is 41.5 Å². The quantitative estimate of drug-likeness (QED) is 0.786. The second-order valence-electron chi connectivity index (χ2n) is 4.94. The monoisotopic (exact) mass is 388 g/mol. The van der Waals surface area contributed by atoms with Crippen molar-refractivity contribution in [1.82, 2.24) is 14.9 Å². The van der Waals surface area contributed by atoms with Crippen LogP contribution in [0.25, 0.3) is 11.0 Å². The molecule has 1 amide bonds. The first kappa shape index (κ1) is 13.6. The summed E-state index contributed by atoms with van der Waals surface area (Å²) >= 11 is 1.92. The largest absolute Gasteiger partial charge is 0.369 e. The molecule has 3 N–H and O–H groups in total. The van der Waals surface area contributed by atoms with Crippen molar-refractivity contribution in [2.75, 3.05) is 12.3 Å². The molecule has 7 heteroatoms. The number of anilines is 1. The van der Waals surface area contributed by atoms with Gasteiger partial charge in [-0.1, -0.05) is 0 Å². The Morgan fingerprint density at radius 2 is 2.30 bits per heavy atom. The summed E-state index contributed by atoms with van der Waals surface area (Å²) in [7, 11) is 0. The van der Waals surface area contributed by atoms with Crippen LogP contribution in [0.1, 0.15) is 12.8 Å². The number of benzene rings is 1. The lowest BCUT2D eigenvalue weighted by molar-refractivity contribution is -0.122. The zero-order valence-corrected chi connectivity index (χ0v) is 12.9. The standard InChI is InChI=1S/C13H14FIN4O/c14-8-5-11-10(6-9(8)15)18-13(16)19(11)4-3-17-12(20)7-1-2-7/h5-7H,1-4H2,(H2,16,18)(H,17,20). The average molecular weight is 388 g/mol. The van der Waals surface area contributed by atoms with Crippen molar-refractivity contribution in [3.05, 3.63) is 21.5 Å². The SMILES string of the molecule is Nc1nc2cc(I)c(F)cc2n1CCNC(=O)C1CC1. The lowest BCUT2D eigenvalue weighted by atomic mass is 10.3. The third-order valence-electron chi connectivity index (χ3n) is 3.40. The van der Waals surface area contributed by atoms with Crippen LogP contribution >= 0.6 is 22.6 Å². The van der Waals surface area contributed by atoms with E-state index in [0.29, 0.717) is 33.6 Å². The highest BCUT2D eigenvalue weighted by Crippen LogP contribution is 2.28. The van der Waals surface area contributed by atoms with Gasteiger partial charge in [0, 0.05) is 25.1 Å². The Hall–Kier alpha value is -1.38. The minimum absolute atomic E-state index is 0.0914. The summed E-state index contributed by atoms with van der Waals surface area (Å²) in [6.45, 7) is 0.958. The van der Waals surface area contributed by atoms with Crippen molar-refractivity contribution in [2.45, 2.75) is 19.4 Å². The van der Waals surface area contributed by atoms with Crippen LogP contribution in [0.2, 0.25) is 0 Å². The van der Waals surface area contributed by atoms with Gasteiger partial charge in [-0.15, -0.1) is 0 Å². The van der Waals surface area contributed by atoms with Crippen molar-refractivity contribution in [2.24, 2.45) is 5.92 Å². The smallest absolute Gasteiger partial charge is 0.223 e. The molecule has 20 heavy (non-hydrogen) atoms. The fraction of sp³-hybridized carbons (Fsp3) is 0.385. The number of nitrogens with one attached hydrogen (secondary N) is 1. The number of fused-ring (bicyclic) bond motifs is 1. The highest BCUT2D eigenvalue weighted by Gasteiger charge is 2.29. The van der Waals surface area contributed by atoms with Gasteiger partial charge < -0.3 is 15.6 Å². The van der Waals surface area contributed by atoms with Crippen molar-refractivity contribution < 1.29 is 9.18 Å². The van der Waals surface area contributed by atoms with E-state index >= 15 is 0 Å². The van der Waals surface area contributed by atoms with Crippen LogP contribution in [0.5, 0.6) is 0 Å². The van der Waals surface area contributed by atoms with Crippen LogP contribution in [0.3, 0.4) is 0 Å². The summed E-state index contributed by atoms with van der Waals surface area (Å²) in [6.07, 6.45) is 1.96. The van der Waals surface area contributed by atoms with Crippen LogP contribution < -0.4 is 11.1 Å². The topological polar surface area (TPSA) is 72.9 Å². The second-order valence-corrected chi connectivity index (χ2v) is 6.10. The Kier molecular flexibility index (Phi) is 3.53. The van der Waals surface area contributed by atoms with Crippen molar-refractivity contribution >= 4 is 45.5 Å². The van der Waals surface area contributed by atoms with E-state index in [-0.39, 0.29) is 17.6 Å². The zero-order chi connectivity index (χ0) is 14.3. The maximum absolute atomic E-state index is 13.6. The lowest BCUT2D eigenvalue weighted by Gasteiger charge is -2.08. The molecule has 1 aliphatic carbocycles. The van der Waals surface area contributed by atoms with Gasteiger partial charge >= 0.3 is 0 Å². The first-order chi connectivity index (χ1) is 9.56. The Morgan fingerprint density at radius 1 is 1.55 bits per heavy atom. The Balaban J connectivity index is 1.77. The molecular weight excluding hydrogens is 374 g/mol. The molecule has 1 fully saturated rings. The number of amides is 1. The van der Waals surface area contributed by atoms with E-state index in [1.54, 1.807) is 10.6 Å². The number of halogens is 2. The van der Waals surface area contributed by atoms with Crippen LogP contribution in [-0.2, 0) is 11.3 Å². The molecule has 2 aromatic rings. The molecular formula is C13H14FIN4O. The highest BCUT2D eigenvalue weighted by atomic mass is 127. The third kappa shape index (κ3) is 2.58. The number of aromatic nitrogens is 2. The summed E-state index contributed by atoms with van der Waals surface area (Å²) in [5.41, 5.74) is 7.18. The Labute approximate surface area is 128 Å². The van der Waals surface area contributed by atoms with Crippen LogP contribution in [0.15, 0.2) is 12.1 Å². The van der Waals surface area contributed by atoms with E-state index in [9.17, 15) is 9.18 Å². The number of carbonyl (C=O) groups excluding carboxylic acids is 1. The van der Waals surface area contributed by atoms with E-state index in [0.717, 1.165) is 12.8 Å². The van der Waals surface area contributed by atoms with E-state index in [1.165, 1.54) is 6.07 Å². The number of nitrogens with two attached hydrogens (primary N) is 1. The summed E-state index contributed by atoms with van der Waals surface area (Å²) in [6, 6.07) is 3.10. The first-order valence-electron chi connectivity index (χ1n) is 6.44. The van der Waals surface area contributed by atoms with Crippen molar-refractivity contribution in [3.63, 3.8) is 0 Å². The minimum atomic E-state index is -0.290. The second kappa shape index (κ2) is 5.19. The average Bonchev–Trinajstić information content (AvgIpc) is 3.19. The number of nitrogens with zero attached hydrogens (tertiary/aromatic N) is 2. The molecule has 1 aromatic heterocycles. The lowest BCUT2D eigenvalue weighted by Crippen LogP contribution is -2.28. The molecule has 0 unspecified atom stereocenters. The predicted molar refractivity (Wildman–Crippen MR) is 82.6 cm³/mol. The van der Waals surface area contributed by atoms with Gasteiger partial charge in [0.2, 0.25) is 11.9 Å². The molecule has 106 valence electrons. The molecule has 1 heterocycles. The molecule has 3 rings (SSSR count). The summed E-state index contributed by atoms with van der Waals surface area (Å²) in [5.74, 6) is 0.322. The Morgan fingerprint density at radius 3 is 3.00 bits per heavy atom. The fourth-order valence-electron chi connectivity index (χ4n) is 2.15. The van der Waals surface area contributed by atoms with Crippen molar-refractivity contribution in [3.8, 4) is 0 Å². The minimum Gasteiger partial charge on any atom is -0.369 e. The van der Waals surface area contributed by atoms with Gasteiger partial charge in [-0.25, -0.2) is 9.37 Å². The van der Waals surface area contributed by atoms with Gasteiger partial charge in [0.1, 0.15) is 5.82 Å². The first-order valence-corrected chi connectivity index (χ1v) is 7.52. The van der Waals surface area contributed by atoms with Crippen LogP contribution in [0.4, 0.5) is 10.3 Å². The summed E-state index contributed by atoms with van der Waals surface area (Å²) in [5, 5.41) is 2.86. The highest BCUT2D eigenvalue weighted by molar-refractivity contribution is 14.1. The van der Waals surface area contributed by atoms with Crippen LogP contribution in [-0.4, -0.2) is 22.0 Å². The van der Waals surface area contributed by atoms with E-state index in [1.807, 2.05) is 22.6 Å². The Bertz CT molecular complexity index is 681. The summed E-state index contributed by atoms with van der Waals surface area (Å²) in [4.78, 5) is 15.8. The normalized spacial score (nSPS) is 14.7. The number of hydrogen-bond acceptors (Lipinski definition) is 3. The van der Waals surface area contributed by atoms with Gasteiger partial charge in [-0.2, -0.15) is 0 Å². The number of nitrogen functional groups attached to an aromatic ring is 1. The maximum Gasteiger partial charge on any atom is 0.223 e. The maximum atomic E-state index is 13.6. The van der Waals surface area contributed by atoms with Gasteiger partial charge in [0.05, 0.1) is 14.6 Å². The molecule has 0 saturated heterocycles. The van der Waals surface area contributed by atoms with Crippen LogP contribution in [0, 0.1) is 15.3 Å². The molecule has 1 aromatic carbocycles. The molecule has 5 nitrogen and oxygen atoms in total. The fourth-order valence-corrected chi connectivity index (χ4v) is 2.61. The number of imidazole rings is 1. The molecule has 1 saturated carbocycles. The van der Waals surface area contributed by atoms with Gasteiger partial charge in [-0.3, -0.25) is 4.79 Å². The predicted octanol–water partition coefficient (Wildman–Crippen LogP) is 1.89. The molecule has 0 bridgehead atoms. The van der Waals surface area contributed by atoms with Gasteiger partial charge in [0.15, 0.2) is 0 Å². The van der Waals surface area contributed by atoms with E-state index < -0.39 is 0 Å². The molecule has 0 aliphatic heterocycles. The zero-order valence-electron chi connectivity index (χ0n) is 10.7. The van der Waals surface area contributed by atoms with E-state index in [4.69, 9.17) is 5.73 Å².